The first-order valence-electron chi connectivity index (χ1n) is 4.14. The van der Waals surface area contributed by atoms with Gasteiger partial charge in [-0.05, 0) is 31.6 Å². The molecule has 0 unspecified atom stereocenters. The molecular weight excluding hydrogens is 120 g/mol. The van der Waals surface area contributed by atoms with Crippen molar-refractivity contribution in [2.24, 2.45) is 11.8 Å². The molecule has 0 N–H and O–H groups in total. The second-order valence-corrected chi connectivity index (χ2v) is 3.05. The number of allylic oxidation sites excluding steroid dienone is 4. The van der Waals surface area contributed by atoms with E-state index in [1.54, 1.807) is 0 Å². The lowest BCUT2D eigenvalue weighted by Crippen LogP contribution is -2.09. The Morgan fingerprint density at radius 2 is 2.30 bits per heavy atom. The molecule has 0 amide bonds. The second-order valence-electron chi connectivity index (χ2n) is 3.05. The molecule has 0 saturated heterocycles. The predicted octanol–water partition coefficient (Wildman–Crippen LogP) is 3.16. The van der Waals surface area contributed by atoms with Crippen molar-refractivity contribution in [2.45, 2.75) is 26.7 Å². The van der Waals surface area contributed by atoms with E-state index in [2.05, 4.69) is 38.2 Å². The fourth-order valence-corrected chi connectivity index (χ4v) is 1.52. The van der Waals surface area contributed by atoms with Crippen molar-refractivity contribution >= 4 is 0 Å². The molecule has 0 nitrogen and oxygen atoms in total. The van der Waals surface area contributed by atoms with Gasteiger partial charge < -0.3 is 0 Å². The van der Waals surface area contributed by atoms with Crippen LogP contribution in [0.5, 0.6) is 0 Å². The molecule has 0 aliphatic heterocycles. The van der Waals surface area contributed by atoms with Crippen molar-refractivity contribution in [3.63, 3.8) is 0 Å². The van der Waals surface area contributed by atoms with E-state index in [0.29, 0.717) is 0 Å². The Balaban J connectivity index is 2.52. The van der Waals surface area contributed by atoms with Gasteiger partial charge in [-0.25, -0.2) is 0 Å². The van der Waals surface area contributed by atoms with Gasteiger partial charge in [0.2, 0.25) is 0 Å². The first-order valence-corrected chi connectivity index (χ1v) is 4.14. The van der Waals surface area contributed by atoms with Crippen LogP contribution in [0.1, 0.15) is 26.7 Å². The van der Waals surface area contributed by atoms with E-state index in [1.165, 1.54) is 12.8 Å². The minimum absolute atomic E-state index is 0.755. The highest BCUT2D eigenvalue weighted by Crippen LogP contribution is 2.24. The summed E-state index contributed by atoms with van der Waals surface area (Å²) in [6, 6.07) is 0. The van der Waals surface area contributed by atoms with Gasteiger partial charge in [-0.3, -0.25) is 0 Å². The lowest BCUT2D eigenvalue weighted by molar-refractivity contribution is 0.459. The molecule has 0 fully saturated rings. The molecule has 10 heavy (non-hydrogen) atoms. The quantitative estimate of drug-likeness (QED) is 0.486. The van der Waals surface area contributed by atoms with Crippen LogP contribution in [0.2, 0.25) is 0 Å². The van der Waals surface area contributed by atoms with Gasteiger partial charge in [-0.2, -0.15) is 0 Å². The summed E-state index contributed by atoms with van der Waals surface area (Å²) in [4.78, 5) is 0. The van der Waals surface area contributed by atoms with Gasteiger partial charge in [0, 0.05) is 0 Å². The molecule has 2 atom stereocenters. The summed E-state index contributed by atoms with van der Waals surface area (Å²) in [5.41, 5.74) is 0. The smallest absolute Gasteiger partial charge is 0.0170 e. The maximum Gasteiger partial charge on any atom is -0.0170 e. The third-order valence-electron chi connectivity index (χ3n) is 2.22. The standard InChI is InChI=1S/C10H16/c1-3-6-10-8-5-4-7-9(10)2/h3-4,6-7,9-10H,5,8H2,1-2H3/b6-3+/t9-,10+/m1/s1. The predicted molar refractivity (Wildman–Crippen MR) is 45.8 cm³/mol. The Kier molecular flexibility index (Phi) is 2.73. The topological polar surface area (TPSA) is 0 Å². The maximum atomic E-state index is 2.33. The first-order chi connectivity index (χ1) is 4.84. The van der Waals surface area contributed by atoms with Crippen LogP contribution in [0, 0.1) is 11.8 Å². The van der Waals surface area contributed by atoms with E-state index in [-0.39, 0.29) is 0 Å². The molecule has 0 aromatic rings. The van der Waals surface area contributed by atoms with Crippen LogP contribution in [0.3, 0.4) is 0 Å². The van der Waals surface area contributed by atoms with Gasteiger partial charge in [0.05, 0.1) is 0 Å². The summed E-state index contributed by atoms with van der Waals surface area (Å²) >= 11 is 0. The minimum Gasteiger partial charge on any atom is -0.0914 e. The monoisotopic (exact) mass is 136 g/mol. The molecule has 1 aliphatic carbocycles. The average molecular weight is 136 g/mol. The molecule has 0 spiro atoms. The molecule has 0 radical (unpaired) electrons. The summed E-state index contributed by atoms with van der Waals surface area (Å²) in [6.45, 7) is 4.39. The van der Waals surface area contributed by atoms with Gasteiger partial charge >= 0.3 is 0 Å². The van der Waals surface area contributed by atoms with Crippen LogP contribution >= 0.6 is 0 Å². The normalized spacial score (nSPS) is 33.4. The summed E-state index contributed by atoms with van der Waals surface area (Å²) in [6.07, 6.45) is 11.7. The fourth-order valence-electron chi connectivity index (χ4n) is 1.52. The average Bonchev–Trinajstić information content (AvgIpc) is 1.94. The highest BCUT2D eigenvalue weighted by Gasteiger charge is 2.13. The molecule has 56 valence electrons. The SMILES string of the molecule is C/C=C/[C@H]1CCC=C[C@H]1C. The number of hydrogen-bond donors (Lipinski definition) is 0. The highest BCUT2D eigenvalue weighted by molar-refractivity contribution is 5.01. The lowest BCUT2D eigenvalue weighted by Gasteiger charge is -2.20. The zero-order valence-corrected chi connectivity index (χ0v) is 6.88. The molecule has 1 rings (SSSR count). The van der Waals surface area contributed by atoms with Crippen LogP contribution in [0.15, 0.2) is 24.3 Å². The van der Waals surface area contributed by atoms with E-state index in [1.807, 2.05) is 0 Å². The van der Waals surface area contributed by atoms with Gasteiger partial charge in [0.1, 0.15) is 0 Å². The van der Waals surface area contributed by atoms with Crippen molar-refractivity contribution in [1.82, 2.24) is 0 Å². The summed E-state index contributed by atoms with van der Waals surface area (Å²) in [5, 5.41) is 0. The zero-order chi connectivity index (χ0) is 7.40. The van der Waals surface area contributed by atoms with Crippen molar-refractivity contribution in [3.05, 3.63) is 24.3 Å². The van der Waals surface area contributed by atoms with Crippen LogP contribution in [-0.4, -0.2) is 0 Å². The van der Waals surface area contributed by atoms with Crippen molar-refractivity contribution in [2.75, 3.05) is 0 Å². The summed E-state index contributed by atoms with van der Waals surface area (Å²) < 4.78 is 0. The third-order valence-corrected chi connectivity index (χ3v) is 2.22. The number of hydrogen-bond acceptors (Lipinski definition) is 0. The minimum atomic E-state index is 0.755. The van der Waals surface area contributed by atoms with Crippen LogP contribution < -0.4 is 0 Å². The highest BCUT2D eigenvalue weighted by atomic mass is 14.2. The van der Waals surface area contributed by atoms with Gasteiger partial charge in [0.25, 0.3) is 0 Å². The molecule has 0 saturated carbocycles. The van der Waals surface area contributed by atoms with Gasteiger partial charge in [0.15, 0.2) is 0 Å². The Bertz CT molecular complexity index is 142. The molecule has 0 heteroatoms. The van der Waals surface area contributed by atoms with E-state index >= 15 is 0 Å². The first kappa shape index (κ1) is 7.59. The van der Waals surface area contributed by atoms with E-state index < -0.39 is 0 Å². The van der Waals surface area contributed by atoms with E-state index in [0.717, 1.165) is 11.8 Å². The molecular formula is C10H16. The van der Waals surface area contributed by atoms with Gasteiger partial charge in [-0.15, -0.1) is 0 Å². The Hall–Kier alpha value is -0.520. The zero-order valence-electron chi connectivity index (χ0n) is 6.88. The molecule has 0 heterocycles. The van der Waals surface area contributed by atoms with Gasteiger partial charge in [-0.1, -0.05) is 31.2 Å². The molecule has 0 aromatic heterocycles. The van der Waals surface area contributed by atoms with Crippen molar-refractivity contribution < 1.29 is 0 Å². The van der Waals surface area contributed by atoms with Crippen LogP contribution in [0.25, 0.3) is 0 Å². The molecule has 0 bridgehead atoms. The van der Waals surface area contributed by atoms with E-state index in [9.17, 15) is 0 Å². The summed E-state index contributed by atoms with van der Waals surface area (Å²) in [5.74, 6) is 1.56. The van der Waals surface area contributed by atoms with Crippen molar-refractivity contribution in [3.8, 4) is 0 Å². The maximum absolute atomic E-state index is 2.33. The molecule has 0 aromatic carbocycles. The fraction of sp³-hybridized carbons (Fsp3) is 0.600. The Labute approximate surface area is 63.6 Å². The Morgan fingerprint density at radius 1 is 1.50 bits per heavy atom. The van der Waals surface area contributed by atoms with Crippen LogP contribution in [-0.2, 0) is 0 Å². The molecule has 1 aliphatic rings. The van der Waals surface area contributed by atoms with Crippen molar-refractivity contribution in [1.29, 1.82) is 0 Å². The van der Waals surface area contributed by atoms with Crippen LogP contribution in [0.4, 0.5) is 0 Å². The Morgan fingerprint density at radius 3 is 2.90 bits per heavy atom. The number of rotatable bonds is 1. The second kappa shape index (κ2) is 3.60. The largest absolute Gasteiger partial charge is 0.0914 e. The third kappa shape index (κ3) is 1.73. The van der Waals surface area contributed by atoms with E-state index in [4.69, 9.17) is 0 Å². The lowest BCUT2D eigenvalue weighted by atomic mass is 9.85. The summed E-state index contributed by atoms with van der Waals surface area (Å²) in [7, 11) is 0.